The molecule has 1 aromatic heterocycles. The molecular formula is C6H6F2N2. The van der Waals surface area contributed by atoms with Gasteiger partial charge in [0.1, 0.15) is 5.69 Å². The van der Waals surface area contributed by atoms with Gasteiger partial charge >= 0.3 is 0 Å². The smallest absolute Gasteiger partial charge is 0.280 e. The summed E-state index contributed by atoms with van der Waals surface area (Å²) in [7, 11) is 0. The van der Waals surface area contributed by atoms with Crippen molar-refractivity contribution in [2.45, 2.75) is 6.43 Å². The highest BCUT2D eigenvalue weighted by atomic mass is 19.3. The Morgan fingerprint density at radius 2 is 2.30 bits per heavy atom. The summed E-state index contributed by atoms with van der Waals surface area (Å²) in [6.07, 6.45) is -3.54. The van der Waals surface area contributed by atoms with Crippen LogP contribution in [-0.4, -0.2) is 4.98 Å². The van der Waals surface area contributed by atoms with E-state index in [0.717, 1.165) is 0 Å². The quantitative estimate of drug-likeness (QED) is 0.655. The molecule has 0 saturated carbocycles. The van der Waals surface area contributed by atoms with E-state index in [2.05, 4.69) is 4.98 Å². The van der Waals surface area contributed by atoms with Gasteiger partial charge in [-0.2, -0.15) is 0 Å². The predicted molar refractivity (Wildman–Crippen MR) is 33.6 cm³/mol. The zero-order chi connectivity index (χ0) is 10.2. The molecule has 0 bridgehead atoms. The van der Waals surface area contributed by atoms with Crippen molar-refractivity contribution < 1.29 is 12.9 Å². The second-order valence-corrected chi connectivity index (χ2v) is 1.57. The average molecular weight is 147 g/mol. The summed E-state index contributed by atoms with van der Waals surface area (Å²) in [5.41, 5.74) is 3.93. The van der Waals surface area contributed by atoms with Crippen LogP contribution < -0.4 is 5.73 Å². The van der Waals surface area contributed by atoms with Crippen molar-refractivity contribution in [3.8, 4) is 0 Å². The van der Waals surface area contributed by atoms with Crippen LogP contribution in [0, 0.1) is 0 Å². The molecule has 2 N–H and O–H groups in total. The van der Waals surface area contributed by atoms with Gasteiger partial charge in [-0.3, -0.25) is 4.98 Å². The highest BCUT2D eigenvalue weighted by molar-refractivity contribution is 5.34. The Balaban J connectivity index is 3.41. The Kier molecular flexibility index (Phi) is 1.00. The molecule has 2 nitrogen and oxygen atoms in total. The van der Waals surface area contributed by atoms with Crippen LogP contribution in [0.15, 0.2) is 18.3 Å². The number of halogens is 2. The second-order valence-electron chi connectivity index (χ2n) is 1.57. The zero-order valence-electron chi connectivity index (χ0n) is 7.86. The fourth-order valence-electron chi connectivity index (χ4n) is 0.411. The Morgan fingerprint density at radius 3 is 2.90 bits per heavy atom. The van der Waals surface area contributed by atoms with Crippen LogP contribution in [0.4, 0.5) is 14.5 Å². The summed E-state index contributed by atoms with van der Waals surface area (Å²) >= 11 is 0. The van der Waals surface area contributed by atoms with Crippen molar-refractivity contribution >= 4 is 5.69 Å². The van der Waals surface area contributed by atoms with E-state index in [9.17, 15) is 8.78 Å². The number of hydrogen-bond donors (Lipinski definition) is 1. The van der Waals surface area contributed by atoms with Crippen LogP contribution in [0.25, 0.3) is 0 Å². The van der Waals surface area contributed by atoms with E-state index in [-0.39, 0.29) is 5.69 Å². The molecule has 0 aliphatic carbocycles. The molecule has 0 saturated heterocycles. The van der Waals surface area contributed by atoms with E-state index in [1.807, 2.05) is 0 Å². The van der Waals surface area contributed by atoms with Gasteiger partial charge in [0.05, 0.1) is 16.0 Å². The molecule has 0 fully saturated rings. The molecule has 0 radical (unpaired) electrons. The molecule has 54 valence electrons. The number of hydrogen-bond acceptors (Lipinski definition) is 2. The van der Waals surface area contributed by atoms with Crippen LogP contribution in [0.2, 0.25) is 0 Å². The first-order valence-corrected chi connectivity index (χ1v) is 2.46. The molecule has 0 aliphatic heterocycles. The lowest BCUT2D eigenvalue weighted by Crippen LogP contribution is -1.91. The van der Waals surface area contributed by atoms with Gasteiger partial charge in [0, 0.05) is 0 Å². The normalized spacial score (nSPS) is 14.5. The number of aromatic nitrogens is 1. The minimum Gasteiger partial charge on any atom is -0.397 e. The van der Waals surface area contributed by atoms with Gasteiger partial charge in [0.2, 0.25) is 0 Å². The minimum atomic E-state index is -2.96. The molecule has 0 amide bonds. The van der Waals surface area contributed by atoms with Crippen molar-refractivity contribution in [2.24, 2.45) is 0 Å². The fourth-order valence-corrected chi connectivity index (χ4v) is 0.411. The van der Waals surface area contributed by atoms with Gasteiger partial charge < -0.3 is 5.73 Å². The molecule has 0 aromatic carbocycles. The van der Waals surface area contributed by atoms with Crippen LogP contribution in [0.5, 0.6) is 0 Å². The third-order valence-electron chi connectivity index (χ3n) is 0.829. The van der Waals surface area contributed by atoms with Gasteiger partial charge in [-0.25, -0.2) is 8.78 Å². The van der Waals surface area contributed by atoms with E-state index >= 15 is 0 Å². The summed E-state index contributed by atoms with van der Waals surface area (Å²) in [6, 6.07) is -1.29. The number of nitrogen functional groups attached to an aromatic ring is 1. The van der Waals surface area contributed by atoms with Crippen LogP contribution in [0.1, 0.15) is 16.2 Å². The Bertz CT molecular complexity index is 343. The van der Waals surface area contributed by atoms with Crippen LogP contribution in [-0.2, 0) is 0 Å². The van der Waals surface area contributed by atoms with Crippen LogP contribution in [0.3, 0.4) is 0 Å². The van der Waals surface area contributed by atoms with Crippen molar-refractivity contribution in [3.05, 3.63) is 24.0 Å². The lowest BCUT2D eigenvalue weighted by molar-refractivity contribution is 0.146. The molecule has 0 spiro atoms. The summed E-state index contributed by atoms with van der Waals surface area (Å²) in [6.45, 7) is 0. The van der Waals surface area contributed by atoms with Gasteiger partial charge in [-0.15, -0.1) is 0 Å². The third-order valence-corrected chi connectivity index (χ3v) is 0.829. The standard InChI is InChI=1S/C6H6F2N2/c7-6(8)5-2-1-4(9)3-10-5/h1-3,6H,9H2/i1D,2D,3D. The minimum absolute atomic E-state index is 0.352. The number of alkyl halides is 2. The highest BCUT2D eigenvalue weighted by Crippen LogP contribution is 2.15. The first kappa shape index (κ1) is 3.85. The monoisotopic (exact) mass is 147 g/mol. The predicted octanol–water partition coefficient (Wildman–Crippen LogP) is 1.60. The lowest BCUT2D eigenvalue weighted by atomic mass is 10.3. The molecule has 0 atom stereocenters. The number of pyridine rings is 1. The second kappa shape index (κ2) is 2.60. The SMILES string of the molecule is [2H]c1nc(C(F)F)c([2H])c([2H])c1N. The Morgan fingerprint density at radius 1 is 1.60 bits per heavy atom. The summed E-state index contributed by atoms with van der Waals surface area (Å²) < 4.78 is 45.5. The van der Waals surface area contributed by atoms with Crippen molar-refractivity contribution in [1.29, 1.82) is 0 Å². The van der Waals surface area contributed by atoms with E-state index < -0.39 is 30.4 Å². The third kappa shape index (κ3) is 1.40. The lowest BCUT2D eigenvalue weighted by Gasteiger charge is -1.96. The Labute approximate surface area is 60.9 Å². The summed E-state index contributed by atoms with van der Waals surface area (Å²) in [4.78, 5) is 3.12. The first-order valence-electron chi connectivity index (χ1n) is 3.96. The van der Waals surface area contributed by atoms with Crippen molar-refractivity contribution in [3.63, 3.8) is 0 Å². The highest BCUT2D eigenvalue weighted by Gasteiger charge is 2.06. The molecule has 1 aromatic rings. The maximum atomic E-state index is 12.1. The molecule has 10 heavy (non-hydrogen) atoms. The summed E-state index contributed by atoms with van der Waals surface area (Å²) in [5.74, 6) is 0. The average Bonchev–Trinajstić information content (AvgIpc) is 2.07. The van der Waals surface area contributed by atoms with E-state index in [0.29, 0.717) is 0 Å². The molecule has 0 aliphatic rings. The van der Waals surface area contributed by atoms with Gasteiger partial charge in [0.15, 0.2) is 0 Å². The molecule has 1 rings (SSSR count). The number of nitrogens with two attached hydrogens (primary N) is 1. The van der Waals surface area contributed by atoms with Gasteiger partial charge in [-0.1, -0.05) is 0 Å². The molecule has 4 heteroatoms. The maximum absolute atomic E-state index is 12.1. The van der Waals surface area contributed by atoms with Gasteiger partial charge in [-0.05, 0) is 12.1 Å². The largest absolute Gasteiger partial charge is 0.397 e. The number of nitrogens with zero attached hydrogens (tertiary/aromatic N) is 1. The number of anilines is 1. The fraction of sp³-hybridized carbons (Fsp3) is 0.167. The van der Waals surface area contributed by atoms with E-state index in [1.165, 1.54) is 0 Å². The van der Waals surface area contributed by atoms with Crippen molar-refractivity contribution in [2.75, 3.05) is 5.73 Å². The van der Waals surface area contributed by atoms with Crippen molar-refractivity contribution in [1.82, 2.24) is 4.98 Å². The summed E-state index contributed by atoms with van der Waals surface area (Å²) in [5, 5.41) is 0. The van der Waals surface area contributed by atoms with Gasteiger partial charge in [0.25, 0.3) is 6.43 Å². The van der Waals surface area contributed by atoms with Crippen LogP contribution >= 0.6 is 0 Å². The van der Waals surface area contributed by atoms with E-state index in [1.54, 1.807) is 0 Å². The first-order chi connectivity index (χ1) is 5.95. The zero-order valence-corrected chi connectivity index (χ0v) is 4.86. The molecule has 1 heterocycles. The maximum Gasteiger partial charge on any atom is 0.280 e. The topological polar surface area (TPSA) is 38.9 Å². The molecule has 0 unspecified atom stereocenters. The Hall–Kier alpha value is -1.19. The molecular weight excluding hydrogens is 138 g/mol. The van der Waals surface area contributed by atoms with E-state index in [4.69, 9.17) is 9.85 Å². The number of rotatable bonds is 1.